The fourth-order valence-electron chi connectivity index (χ4n) is 2.46. The maximum atomic E-state index is 12.3. The first-order valence-corrected chi connectivity index (χ1v) is 8.02. The molecule has 0 bridgehead atoms. The summed E-state index contributed by atoms with van der Waals surface area (Å²) in [4.78, 5) is 37.5. The molecule has 6 heteroatoms. The Bertz CT molecular complexity index is 587. The van der Waals surface area contributed by atoms with Gasteiger partial charge >= 0.3 is 5.97 Å². The topological polar surface area (TPSA) is 63.7 Å². The minimum absolute atomic E-state index is 0.0175. The molecule has 1 amide bonds. The van der Waals surface area contributed by atoms with E-state index in [2.05, 4.69) is 15.9 Å². The molecule has 1 aromatic rings. The molecule has 1 fully saturated rings. The number of hydrogen-bond acceptors (Lipinski definition) is 4. The number of rotatable bonds is 4. The summed E-state index contributed by atoms with van der Waals surface area (Å²) in [5.41, 5.74) is 0.888. The highest BCUT2D eigenvalue weighted by Gasteiger charge is 2.35. The van der Waals surface area contributed by atoms with Crippen LogP contribution in [0, 0.1) is 5.92 Å². The molecule has 1 atom stereocenters. The second-order valence-electron chi connectivity index (χ2n) is 5.18. The van der Waals surface area contributed by atoms with Crippen LogP contribution >= 0.6 is 15.9 Å². The van der Waals surface area contributed by atoms with E-state index >= 15 is 0 Å². The Hall–Kier alpha value is -1.69. The summed E-state index contributed by atoms with van der Waals surface area (Å²) in [6, 6.07) is 7.51. The quantitative estimate of drug-likeness (QED) is 0.602. The number of benzene rings is 1. The fourth-order valence-corrected chi connectivity index (χ4v) is 2.91. The molecule has 0 aliphatic carbocycles. The van der Waals surface area contributed by atoms with Crippen LogP contribution in [0.15, 0.2) is 28.7 Å². The van der Waals surface area contributed by atoms with Crippen LogP contribution in [0.4, 0.5) is 0 Å². The minimum Gasteiger partial charge on any atom is -0.465 e. The lowest BCUT2D eigenvalue weighted by Crippen LogP contribution is -2.47. The molecule has 2 rings (SSSR count). The summed E-state index contributed by atoms with van der Waals surface area (Å²) in [7, 11) is 0. The van der Waals surface area contributed by atoms with E-state index in [1.165, 1.54) is 4.90 Å². The highest BCUT2D eigenvalue weighted by molar-refractivity contribution is 9.10. The Morgan fingerprint density at radius 1 is 1.41 bits per heavy atom. The van der Waals surface area contributed by atoms with E-state index in [1.807, 2.05) is 24.3 Å². The van der Waals surface area contributed by atoms with Gasteiger partial charge in [0.25, 0.3) is 0 Å². The fraction of sp³-hybridized carbons (Fsp3) is 0.438. The highest BCUT2D eigenvalue weighted by atomic mass is 79.9. The number of amides is 1. The van der Waals surface area contributed by atoms with Gasteiger partial charge in [-0.2, -0.15) is 0 Å². The van der Waals surface area contributed by atoms with Crippen molar-refractivity contribution < 1.29 is 19.1 Å². The predicted octanol–water partition coefficient (Wildman–Crippen LogP) is 1.97. The summed E-state index contributed by atoms with van der Waals surface area (Å²) < 4.78 is 5.80. The van der Waals surface area contributed by atoms with Crippen LogP contribution in [0.25, 0.3) is 0 Å². The van der Waals surface area contributed by atoms with Crippen LogP contribution in [0.2, 0.25) is 0 Å². The normalized spacial score (nSPS) is 18.2. The Kier molecular flexibility index (Phi) is 5.71. The van der Waals surface area contributed by atoms with Crippen molar-refractivity contribution in [2.75, 3.05) is 19.7 Å². The summed E-state index contributed by atoms with van der Waals surface area (Å²) in [5, 5.41) is 0. The number of piperidine rings is 1. The molecular formula is C16H18BrNO4. The number of halogens is 1. The SMILES string of the molecule is CCOC(=O)C1CCN(C(=O)Cc2cccc(Br)c2)CC1=O. The van der Waals surface area contributed by atoms with E-state index < -0.39 is 11.9 Å². The van der Waals surface area contributed by atoms with Crippen molar-refractivity contribution in [2.24, 2.45) is 5.92 Å². The molecule has 0 saturated carbocycles. The third kappa shape index (κ3) is 4.16. The van der Waals surface area contributed by atoms with Crippen LogP contribution in [0.5, 0.6) is 0 Å². The molecule has 0 N–H and O–H groups in total. The van der Waals surface area contributed by atoms with Crippen LogP contribution in [0.3, 0.4) is 0 Å². The Morgan fingerprint density at radius 3 is 2.82 bits per heavy atom. The largest absolute Gasteiger partial charge is 0.465 e. The van der Waals surface area contributed by atoms with E-state index in [1.54, 1.807) is 6.92 Å². The third-order valence-corrected chi connectivity index (χ3v) is 4.08. The lowest BCUT2D eigenvalue weighted by atomic mass is 9.95. The zero-order chi connectivity index (χ0) is 16.1. The van der Waals surface area contributed by atoms with Gasteiger partial charge < -0.3 is 9.64 Å². The molecule has 1 aliphatic rings. The maximum Gasteiger partial charge on any atom is 0.316 e. The summed E-state index contributed by atoms with van der Waals surface area (Å²) in [5.74, 6) is -1.55. The first-order chi connectivity index (χ1) is 10.5. The van der Waals surface area contributed by atoms with Gasteiger partial charge in [0.05, 0.1) is 19.6 Å². The summed E-state index contributed by atoms with van der Waals surface area (Å²) >= 11 is 3.37. The zero-order valence-electron chi connectivity index (χ0n) is 12.4. The van der Waals surface area contributed by atoms with Crippen LogP contribution < -0.4 is 0 Å². The average Bonchev–Trinajstić information content (AvgIpc) is 2.47. The number of carbonyl (C=O) groups is 3. The molecule has 0 radical (unpaired) electrons. The second-order valence-corrected chi connectivity index (χ2v) is 6.10. The van der Waals surface area contributed by atoms with Crippen molar-refractivity contribution in [2.45, 2.75) is 19.8 Å². The molecule has 0 spiro atoms. The van der Waals surface area contributed by atoms with Crippen molar-refractivity contribution in [3.63, 3.8) is 0 Å². The lowest BCUT2D eigenvalue weighted by molar-refractivity contribution is -0.155. The first-order valence-electron chi connectivity index (χ1n) is 7.22. The number of carbonyl (C=O) groups excluding carboxylic acids is 3. The standard InChI is InChI=1S/C16H18BrNO4/c1-2-22-16(21)13-6-7-18(10-14(13)19)15(20)9-11-4-3-5-12(17)8-11/h3-5,8,13H,2,6-7,9-10H2,1H3. The van der Waals surface area contributed by atoms with Gasteiger partial charge in [-0.15, -0.1) is 0 Å². The summed E-state index contributed by atoms with van der Waals surface area (Å²) in [6.07, 6.45) is 0.582. The highest BCUT2D eigenvalue weighted by Crippen LogP contribution is 2.18. The number of ketones is 1. The average molecular weight is 368 g/mol. The van der Waals surface area contributed by atoms with Gasteiger partial charge in [0, 0.05) is 11.0 Å². The van der Waals surface area contributed by atoms with E-state index in [0.29, 0.717) is 13.0 Å². The van der Waals surface area contributed by atoms with Gasteiger partial charge in [-0.3, -0.25) is 14.4 Å². The number of likely N-dealkylation sites (tertiary alicyclic amines) is 1. The number of Topliss-reactive ketones (excluding diaryl/α,β-unsaturated/α-hetero) is 1. The van der Waals surface area contributed by atoms with Crippen molar-refractivity contribution in [3.8, 4) is 0 Å². The van der Waals surface area contributed by atoms with Gasteiger partial charge in [0.15, 0.2) is 5.78 Å². The van der Waals surface area contributed by atoms with Gasteiger partial charge in [0.2, 0.25) is 5.91 Å². The van der Waals surface area contributed by atoms with Gasteiger partial charge in [-0.25, -0.2) is 0 Å². The van der Waals surface area contributed by atoms with Crippen molar-refractivity contribution >= 4 is 33.6 Å². The molecule has 1 saturated heterocycles. The van der Waals surface area contributed by atoms with Gasteiger partial charge in [0.1, 0.15) is 5.92 Å². The van der Waals surface area contributed by atoms with Crippen LogP contribution in [-0.4, -0.2) is 42.3 Å². The molecule has 118 valence electrons. The molecule has 0 aromatic heterocycles. The molecule has 1 aromatic carbocycles. The summed E-state index contributed by atoms with van der Waals surface area (Å²) in [6.45, 7) is 2.35. The molecular weight excluding hydrogens is 350 g/mol. The van der Waals surface area contributed by atoms with E-state index in [4.69, 9.17) is 4.74 Å². The number of hydrogen-bond donors (Lipinski definition) is 0. The lowest BCUT2D eigenvalue weighted by Gasteiger charge is -2.29. The first kappa shape index (κ1) is 16.7. The van der Waals surface area contributed by atoms with Crippen molar-refractivity contribution in [3.05, 3.63) is 34.3 Å². The number of esters is 1. The smallest absolute Gasteiger partial charge is 0.316 e. The van der Waals surface area contributed by atoms with Gasteiger partial charge in [-0.1, -0.05) is 28.1 Å². The molecule has 1 unspecified atom stereocenters. The second kappa shape index (κ2) is 7.54. The van der Waals surface area contributed by atoms with E-state index in [0.717, 1.165) is 10.0 Å². The minimum atomic E-state index is -0.727. The monoisotopic (exact) mass is 367 g/mol. The van der Waals surface area contributed by atoms with Crippen molar-refractivity contribution in [1.29, 1.82) is 0 Å². The number of nitrogens with zero attached hydrogens (tertiary/aromatic N) is 1. The Morgan fingerprint density at radius 2 is 2.18 bits per heavy atom. The molecule has 5 nitrogen and oxygen atoms in total. The third-order valence-electron chi connectivity index (χ3n) is 3.59. The van der Waals surface area contributed by atoms with Crippen molar-refractivity contribution in [1.82, 2.24) is 4.90 Å². The molecule has 1 aliphatic heterocycles. The predicted molar refractivity (Wildman–Crippen MR) is 84.2 cm³/mol. The maximum absolute atomic E-state index is 12.3. The molecule has 22 heavy (non-hydrogen) atoms. The van der Waals surface area contributed by atoms with Crippen LogP contribution in [0.1, 0.15) is 18.9 Å². The Labute approximate surface area is 137 Å². The number of ether oxygens (including phenoxy) is 1. The Balaban J connectivity index is 1.94. The van der Waals surface area contributed by atoms with Gasteiger partial charge in [-0.05, 0) is 31.0 Å². The van der Waals surface area contributed by atoms with Crippen LogP contribution in [-0.2, 0) is 25.5 Å². The molecule has 1 heterocycles. The zero-order valence-corrected chi connectivity index (χ0v) is 14.0. The van der Waals surface area contributed by atoms with E-state index in [9.17, 15) is 14.4 Å². The van der Waals surface area contributed by atoms with E-state index in [-0.39, 0.29) is 31.3 Å².